The van der Waals surface area contributed by atoms with Crippen LogP contribution >= 0.6 is 11.3 Å². The highest BCUT2D eigenvalue weighted by Gasteiger charge is 2.45. The van der Waals surface area contributed by atoms with Gasteiger partial charge in [-0.15, -0.1) is 11.3 Å². The number of thiophene rings is 1. The molecule has 1 aliphatic heterocycles. The van der Waals surface area contributed by atoms with Gasteiger partial charge < -0.3 is 10.6 Å². The minimum atomic E-state index is -0.326. The average molecular weight is 264 g/mol. The van der Waals surface area contributed by atoms with Crippen molar-refractivity contribution in [2.45, 2.75) is 45.2 Å². The van der Waals surface area contributed by atoms with E-state index in [1.54, 1.807) is 0 Å². The molecule has 4 heteroatoms. The summed E-state index contributed by atoms with van der Waals surface area (Å²) in [6.07, 6.45) is 4.02. The van der Waals surface area contributed by atoms with E-state index in [2.05, 4.69) is 18.4 Å². The van der Waals surface area contributed by atoms with E-state index in [0.29, 0.717) is 0 Å². The second kappa shape index (κ2) is 4.35. The molecule has 1 saturated carbocycles. The monoisotopic (exact) mass is 264 g/mol. The lowest BCUT2D eigenvalue weighted by Gasteiger charge is -2.36. The summed E-state index contributed by atoms with van der Waals surface area (Å²) in [5.74, 6) is 0.268. The topological polar surface area (TPSA) is 46.3 Å². The molecule has 1 amide bonds. The molecular weight excluding hydrogens is 244 g/mol. The van der Waals surface area contributed by atoms with Crippen LogP contribution in [0.1, 0.15) is 36.6 Å². The molecule has 0 bridgehead atoms. The van der Waals surface area contributed by atoms with Crippen LogP contribution in [0, 0.1) is 5.41 Å². The third kappa shape index (κ3) is 1.79. The van der Waals surface area contributed by atoms with Crippen LogP contribution in [0.15, 0.2) is 11.4 Å². The van der Waals surface area contributed by atoms with Gasteiger partial charge in [-0.2, -0.15) is 0 Å². The Labute approximate surface area is 112 Å². The number of hydrogen-bond donors (Lipinski definition) is 1. The third-order valence-corrected chi connectivity index (χ3v) is 5.64. The molecule has 18 heavy (non-hydrogen) atoms. The van der Waals surface area contributed by atoms with Crippen molar-refractivity contribution in [3.05, 3.63) is 21.9 Å². The van der Waals surface area contributed by atoms with Gasteiger partial charge in [0.05, 0.1) is 5.41 Å². The van der Waals surface area contributed by atoms with E-state index in [1.165, 1.54) is 10.4 Å². The maximum Gasteiger partial charge on any atom is 0.230 e. The first-order chi connectivity index (χ1) is 8.61. The summed E-state index contributed by atoms with van der Waals surface area (Å²) in [6.45, 7) is 3.69. The van der Waals surface area contributed by atoms with Crippen LogP contribution in [0.25, 0.3) is 0 Å². The lowest BCUT2D eigenvalue weighted by Crippen LogP contribution is -2.50. The van der Waals surface area contributed by atoms with Gasteiger partial charge in [-0.05, 0) is 43.2 Å². The molecule has 0 saturated heterocycles. The Morgan fingerprint density at radius 1 is 1.61 bits per heavy atom. The van der Waals surface area contributed by atoms with Crippen molar-refractivity contribution < 1.29 is 4.79 Å². The molecule has 1 aliphatic carbocycles. The van der Waals surface area contributed by atoms with E-state index in [4.69, 9.17) is 5.73 Å². The fraction of sp³-hybridized carbons (Fsp3) is 0.643. The smallest absolute Gasteiger partial charge is 0.230 e. The minimum absolute atomic E-state index is 0.0360. The fourth-order valence-corrected chi connectivity index (χ4v) is 4.13. The van der Waals surface area contributed by atoms with Crippen molar-refractivity contribution in [2.75, 3.05) is 6.54 Å². The molecule has 1 aromatic rings. The Kier molecular flexibility index (Phi) is 2.94. The maximum atomic E-state index is 12.7. The van der Waals surface area contributed by atoms with E-state index in [0.717, 1.165) is 38.8 Å². The molecule has 2 unspecified atom stereocenters. The number of nitrogens with zero attached hydrogens (tertiary/aromatic N) is 1. The molecule has 3 rings (SSSR count). The largest absolute Gasteiger partial charge is 0.337 e. The van der Waals surface area contributed by atoms with Crippen molar-refractivity contribution >= 4 is 17.2 Å². The second-order valence-electron chi connectivity index (χ2n) is 5.76. The predicted octanol–water partition coefficient (Wildman–Crippen LogP) is 2.15. The third-order valence-electron chi connectivity index (χ3n) is 4.61. The first kappa shape index (κ1) is 12.2. The molecule has 0 aromatic carbocycles. The number of nitrogens with two attached hydrogens (primary N) is 1. The van der Waals surface area contributed by atoms with Gasteiger partial charge in [0.2, 0.25) is 5.91 Å². The summed E-state index contributed by atoms with van der Waals surface area (Å²) in [5.41, 5.74) is 7.15. The minimum Gasteiger partial charge on any atom is -0.337 e. The number of carbonyl (C=O) groups excluding carboxylic acids is 1. The van der Waals surface area contributed by atoms with Gasteiger partial charge in [0.15, 0.2) is 0 Å². The highest BCUT2D eigenvalue weighted by molar-refractivity contribution is 7.10. The Hall–Kier alpha value is -0.870. The lowest BCUT2D eigenvalue weighted by molar-refractivity contribution is -0.142. The van der Waals surface area contributed by atoms with E-state index < -0.39 is 0 Å². The lowest BCUT2D eigenvalue weighted by atomic mass is 9.83. The summed E-state index contributed by atoms with van der Waals surface area (Å²) in [7, 11) is 0. The van der Waals surface area contributed by atoms with Crippen molar-refractivity contribution in [3.8, 4) is 0 Å². The summed E-state index contributed by atoms with van der Waals surface area (Å²) >= 11 is 1.81. The molecule has 98 valence electrons. The molecule has 2 heterocycles. The summed E-state index contributed by atoms with van der Waals surface area (Å²) in [6, 6.07) is 2.19. The quantitative estimate of drug-likeness (QED) is 0.845. The number of carbonyl (C=O) groups is 1. The summed E-state index contributed by atoms with van der Waals surface area (Å²) in [4.78, 5) is 16.2. The van der Waals surface area contributed by atoms with Crippen LogP contribution in [0.3, 0.4) is 0 Å². The van der Waals surface area contributed by atoms with Crippen LogP contribution in [-0.2, 0) is 17.8 Å². The Balaban J connectivity index is 1.79. The van der Waals surface area contributed by atoms with Gasteiger partial charge in [-0.1, -0.05) is 6.42 Å². The molecule has 3 nitrogen and oxygen atoms in total. The van der Waals surface area contributed by atoms with Gasteiger partial charge >= 0.3 is 0 Å². The van der Waals surface area contributed by atoms with E-state index in [-0.39, 0.29) is 17.4 Å². The van der Waals surface area contributed by atoms with Crippen LogP contribution in [0.2, 0.25) is 0 Å². The van der Waals surface area contributed by atoms with Gasteiger partial charge in [0, 0.05) is 24.0 Å². The standard InChI is InChI=1S/C14H20N2OS/c1-14(6-2-3-12(14)15)13(17)16-7-4-11-10(9-16)5-8-18-11/h5,8,12H,2-4,6-7,9,15H2,1H3. The number of amides is 1. The van der Waals surface area contributed by atoms with Crippen molar-refractivity contribution in [3.63, 3.8) is 0 Å². The van der Waals surface area contributed by atoms with Crippen molar-refractivity contribution in [1.29, 1.82) is 0 Å². The Morgan fingerprint density at radius 2 is 2.44 bits per heavy atom. The van der Waals surface area contributed by atoms with Crippen LogP contribution < -0.4 is 5.73 Å². The van der Waals surface area contributed by atoms with E-state index in [9.17, 15) is 4.79 Å². The normalized spacial score (nSPS) is 31.4. The number of fused-ring (bicyclic) bond motifs is 1. The molecular formula is C14H20N2OS. The molecule has 1 fully saturated rings. The second-order valence-corrected chi connectivity index (χ2v) is 6.76. The molecule has 1 aromatic heterocycles. The van der Waals surface area contributed by atoms with Gasteiger partial charge in [0.1, 0.15) is 0 Å². The molecule has 0 radical (unpaired) electrons. The molecule has 2 aliphatic rings. The Morgan fingerprint density at radius 3 is 3.17 bits per heavy atom. The first-order valence-corrected chi connectivity index (χ1v) is 7.59. The zero-order chi connectivity index (χ0) is 12.8. The van der Waals surface area contributed by atoms with Crippen LogP contribution in [0.5, 0.6) is 0 Å². The van der Waals surface area contributed by atoms with E-state index in [1.807, 2.05) is 16.2 Å². The van der Waals surface area contributed by atoms with Crippen molar-refractivity contribution in [1.82, 2.24) is 4.90 Å². The fourth-order valence-electron chi connectivity index (χ4n) is 3.24. The predicted molar refractivity (Wildman–Crippen MR) is 73.4 cm³/mol. The molecule has 0 spiro atoms. The summed E-state index contributed by atoms with van der Waals surface area (Å²) in [5, 5.41) is 2.13. The van der Waals surface area contributed by atoms with Gasteiger partial charge in [-0.3, -0.25) is 4.79 Å². The summed E-state index contributed by atoms with van der Waals surface area (Å²) < 4.78 is 0. The number of hydrogen-bond acceptors (Lipinski definition) is 3. The highest BCUT2D eigenvalue weighted by atomic mass is 32.1. The maximum absolute atomic E-state index is 12.7. The van der Waals surface area contributed by atoms with Crippen LogP contribution in [0.4, 0.5) is 0 Å². The SMILES string of the molecule is CC1(C(=O)N2CCc3sccc3C2)CCCC1N. The zero-order valence-electron chi connectivity index (χ0n) is 10.8. The average Bonchev–Trinajstić information content (AvgIpc) is 2.96. The highest BCUT2D eigenvalue weighted by Crippen LogP contribution is 2.39. The first-order valence-electron chi connectivity index (χ1n) is 6.71. The van der Waals surface area contributed by atoms with Crippen molar-refractivity contribution in [2.24, 2.45) is 11.1 Å². The van der Waals surface area contributed by atoms with E-state index >= 15 is 0 Å². The molecule has 2 N–H and O–H groups in total. The van der Waals surface area contributed by atoms with Gasteiger partial charge in [0.25, 0.3) is 0 Å². The number of rotatable bonds is 1. The van der Waals surface area contributed by atoms with Crippen LogP contribution in [-0.4, -0.2) is 23.4 Å². The Bertz CT molecular complexity index is 470. The molecule has 2 atom stereocenters. The zero-order valence-corrected chi connectivity index (χ0v) is 11.6. The van der Waals surface area contributed by atoms with Gasteiger partial charge in [-0.25, -0.2) is 0 Å².